The van der Waals surface area contributed by atoms with Gasteiger partial charge in [-0.05, 0) is 37.3 Å². The van der Waals surface area contributed by atoms with Gasteiger partial charge in [-0.25, -0.2) is 0 Å². The number of carboxylic acids is 1. The van der Waals surface area contributed by atoms with Crippen molar-refractivity contribution < 1.29 is 14.3 Å². The van der Waals surface area contributed by atoms with E-state index in [1.54, 1.807) is 0 Å². The zero-order valence-corrected chi connectivity index (χ0v) is 10.9. The van der Waals surface area contributed by atoms with Crippen molar-refractivity contribution in [3.05, 3.63) is 29.0 Å². The summed E-state index contributed by atoms with van der Waals surface area (Å²) in [5.74, 6) is -0.317. The van der Waals surface area contributed by atoms with E-state index >= 15 is 0 Å². The number of carbonyl (C=O) groups is 1. The molecule has 90 valence electrons. The quantitative estimate of drug-likeness (QED) is 0.848. The lowest BCUT2D eigenvalue weighted by Crippen LogP contribution is -1.99. The predicted molar refractivity (Wildman–Crippen MR) is 68.8 cm³/mol. The molecule has 0 bridgehead atoms. The average Bonchev–Trinajstić information content (AvgIpc) is 2.54. The maximum Gasteiger partial charge on any atom is 0.311 e. The Balaban J connectivity index is 2.70. The van der Waals surface area contributed by atoms with Crippen LogP contribution in [0.25, 0.3) is 11.0 Å². The molecule has 1 N–H and O–H groups in total. The van der Waals surface area contributed by atoms with Gasteiger partial charge in [0, 0.05) is 5.39 Å². The van der Waals surface area contributed by atoms with Crippen LogP contribution in [0.2, 0.25) is 0 Å². The van der Waals surface area contributed by atoms with E-state index in [-0.39, 0.29) is 6.42 Å². The number of carboxylic acid groups (broad SMARTS) is 1. The molecular weight excluding hydrogens is 236 g/mol. The van der Waals surface area contributed by atoms with E-state index in [4.69, 9.17) is 9.52 Å². The van der Waals surface area contributed by atoms with Crippen LogP contribution in [0, 0.1) is 13.8 Å². The van der Waals surface area contributed by atoms with E-state index in [0.29, 0.717) is 5.76 Å². The monoisotopic (exact) mass is 250 g/mol. The molecule has 0 saturated heterocycles. The number of thioether (sulfide) groups is 1. The zero-order chi connectivity index (χ0) is 12.6. The van der Waals surface area contributed by atoms with Gasteiger partial charge in [-0.3, -0.25) is 4.79 Å². The SMILES string of the molecule is CSc1c(CC(=O)O)oc2c(C)cc(C)cc12. The van der Waals surface area contributed by atoms with Crippen LogP contribution >= 0.6 is 11.8 Å². The standard InChI is InChI=1S/C13H14O3S/c1-7-4-8(2)12-9(5-7)13(17-3)10(16-12)6-11(14)15/h4-5H,6H2,1-3H3,(H,14,15). The van der Waals surface area contributed by atoms with E-state index in [1.807, 2.05) is 32.2 Å². The molecular formula is C13H14O3S. The molecule has 0 amide bonds. The van der Waals surface area contributed by atoms with Gasteiger partial charge in [0.1, 0.15) is 17.8 Å². The van der Waals surface area contributed by atoms with Crippen LogP contribution in [0.5, 0.6) is 0 Å². The number of fused-ring (bicyclic) bond motifs is 1. The molecule has 0 spiro atoms. The minimum Gasteiger partial charge on any atom is -0.481 e. The summed E-state index contributed by atoms with van der Waals surface area (Å²) in [7, 11) is 0. The van der Waals surface area contributed by atoms with Crippen LogP contribution in [-0.2, 0) is 11.2 Å². The van der Waals surface area contributed by atoms with Crippen molar-refractivity contribution in [2.75, 3.05) is 6.26 Å². The lowest BCUT2D eigenvalue weighted by molar-refractivity contribution is -0.136. The third-order valence-electron chi connectivity index (χ3n) is 2.66. The second kappa shape index (κ2) is 4.45. The fourth-order valence-corrected chi connectivity index (χ4v) is 2.77. The van der Waals surface area contributed by atoms with Crippen molar-refractivity contribution in [1.29, 1.82) is 0 Å². The lowest BCUT2D eigenvalue weighted by atomic mass is 10.1. The summed E-state index contributed by atoms with van der Waals surface area (Å²) in [6.07, 6.45) is 1.87. The second-order valence-corrected chi connectivity index (χ2v) is 4.90. The third-order valence-corrected chi connectivity index (χ3v) is 3.51. The number of benzene rings is 1. The third kappa shape index (κ3) is 2.17. The minimum absolute atomic E-state index is 0.0661. The van der Waals surface area contributed by atoms with Gasteiger partial charge in [0.05, 0.1) is 4.90 Å². The Morgan fingerprint density at radius 2 is 2.12 bits per heavy atom. The Labute approximate surface area is 104 Å². The largest absolute Gasteiger partial charge is 0.481 e. The van der Waals surface area contributed by atoms with Crippen LogP contribution in [0.4, 0.5) is 0 Å². The average molecular weight is 250 g/mol. The maximum atomic E-state index is 10.8. The van der Waals surface area contributed by atoms with Gasteiger partial charge in [0.15, 0.2) is 0 Å². The zero-order valence-electron chi connectivity index (χ0n) is 10.0. The summed E-state index contributed by atoms with van der Waals surface area (Å²) in [5, 5.41) is 9.89. The van der Waals surface area contributed by atoms with Crippen LogP contribution in [0.1, 0.15) is 16.9 Å². The van der Waals surface area contributed by atoms with E-state index in [0.717, 1.165) is 27.0 Å². The molecule has 1 heterocycles. The molecule has 0 aliphatic rings. The molecule has 0 saturated carbocycles. The molecule has 4 heteroatoms. The van der Waals surface area contributed by atoms with E-state index < -0.39 is 5.97 Å². The number of aliphatic carboxylic acids is 1. The van der Waals surface area contributed by atoms with Crippen molar-refractivity contribution in [3.8, 4) is 0 Å². The van der Waals surface area contributed by atoms with Gasteiger partial charge in [-0.2, -0.15) is 0 Å². The van der Waals surface area contributed by atoms with Crippen LogP contribution in [-0.4, -0.2) is 17.3 Å². The van der Waals surface area contributed by atoms with Gasteiger partial charge >= 0.3 is 5.97 Å². The first kappa shape index (κ1) is 12.0. The molecule has 0 aliphatic heterocycles. The molecule has 3 nitrogen and oxygen atoms in total. The predicted octanol–water partition coefficient (Wildman–Crippen LogP) is 3.40. The van der Waals surface area contributed by atoms with E-state index in [9.17, 15) is 4.79 Å². The molecule has 17 heavy (non-hydrogen) atoms. The van der Waals surface area contributed by atoms with Crippen molar-refractivity contribution in [2.45, 2.75) is 25.2 Å². The van der Waals surface area contributed by atoms with Gasteiger partial charge in [0.25, 0.3) is 0 Å². The highest BCUT2D eigenvalue weighted by atomic mass is 32.2. The fourth-order valence-electron chi connectivity index (χ4n) is 2.06. The highest BCUT2D eigenvalue weighted by Gasteiger charge is 2.17. The first-order chi connectivity index (χ1) is 8.02. The number of rotatable bonds is 3. The normalized spacial score (nSPS) is 11.0. The molecule has 1 aromatic carbocycles. The molecule has 0 fully saturated rings. The Morgan fingerprint density at radius 1 is 1.41 bits per heavy atom. The van der Waals surface area contributed by atoms with Crippen molar-refractivity contribution >= 4 is 28.7 Å². The Hall–Kier alpha value is -1.42. The van der Waals surface area contributed by atoms with Gasteiger partial charge in [-0.1, -0.05) is 6.07 Å². The topological polar surface area (TPSA) is 50.4 Å². The number of furan rings is 1. The molecule has 0 aliphatic carbocycles. The minimum atomic E-state index is -0.867. The number of hydrogen-bond acceptors (Lipinski definition) is 3. The van der Waals surface area contributed by atoms with E-state index in [1.165, 1.54) is 11.8 Å². The van der Waals surface area contributed by atoms with Crippen molar-refractivity contribution in [2.24, 2.45) is 0 Å². The van der Waals surface area contributed by atoms with Crippen molar-refractivity contribution in [3.63, 3.8) is 0 Å². The second-order valence-electron chi connectivity index (χ2n) is 4.09. The summed E-state index contributed by atoms with van der Waals surface area (Å²) < 4.78 is 5.68. The van der Waals surface area contributed by atoms with Gasteiger partial charge in [-0.15, -0.1) is 11.8 Å². The number of hydrogen-bond donors (Lipinski definition) is 1. The summed E-state index contributed by atoms with van der Waals surface area (Å²) >= 11 is 1.53. The highest BCUT2D eigenvalue weighted by Crippen LogP contribution is 2.35. The van der Waals surface area contributed by atoms with Crippen LogP contribution < -0.4 is 0 Å². The Morgan fingerprint density at radius 3 is 2.71 bits per heavy atom. The molecule has 1 aromatic heterocycles. The molecule has 0 unspecified atom stereocenters. The Bertz CT molecular complexity index is 584. The van der Waals surface area contributed by atoms with Crippen molar-refractivity contribution in [1.82, 2.24) is 0 Å². The molecule has 2 rings (SSSR count). The smallest absolute Gasteiger partial charge is 0.311 e. The summed E-state index contributed by atoms with van der Waals surface area (Å²) in [5.41, 5.74) is 3.01. The first-order valence-electron chi connectivity index (χ1n) is 5.31. The molecule has 2 aromatic rings. The first-order valence-corrected chi connectivity index (χ1v) is 6.53. The van der Waals surface area contributed by atoms with Crippen LogP contribution in [0.3, 0.4) is 0 Å². The molecule has 0 atom stereocenters. The van der Waals surface area contributed by atoms with Crippen LogP contribution in [0.15, 0.2) is 21.4 Å². The summed E-state index contributed by atoms with van der Waals surface area (Å²) in [6.45, 7) is 4.01. The molecule has 0 radical (unpaired) electrons. The van der Waals surface area contributed by atoms with E-state index in [2.05, 4.69) is 0 Å². The summed E-state index contributed by atoms with van der Waals surface area (Å²) in [6, 6.07) is 4.09. The fraction of sp³-hybridized carbons (Fsp3) is 0.308. The Kier molecular flexibility index (Phi) is 3.15. The van der Waals surface area contributed by atoms with Gasteiger partial charge < -0.3 is 9.52 Å². The number of aryl methyl sites for hydroxylation is 2. The lowest BCUT2D eigenvalue weighted by Gasteiger charge is -1.98. The highest BCUT2D eigenvalue weighted by molar-refractivity contribution is 7.98. The summed E-state index contributed by atoms with van der Waals surface area (Å²) in [4.78, 5) is 11.7. The maximum absolute atomic E-state index is 10.8. The van der Waals surface area contributed by atoms with Gasteiger partial charge in [0.2, 0.25) is 0 Å².